The summed E-state index contributed by atoms with van der Waals surface area (Å²) in [4.78, 5) is 13.3. The predicted octanol–water partition coefficient (Wildman–Crippen LogP) is 4.24. The van der Waals surface area contributed by atoms with Crippen LogP contribution in [0.5, 0.6) is 5.75 Å². The van der Waals surface area contributed by atoms with Crippen molar-refractivity contribution in [3.8, 4) is 16.9 Å². The van der Waals surface area contributed by atoms with E-state index < -0.39 is 5.41 Å². The number of hydrogen-bond donors (Lipinski definition) is 1. The molecular formula is C26H33NO4. The van der Waals surface area contributed by atoms with E-state index >= 15 is 0 Å². The summed E-state index contributed by atoms with van der Waals surface area (Å²) in [7, 11) is 1.69. The Hall–Kier alpha value is -2.37. The van der Waals surface area contributed by atoms with Gasteiger partial charge in [-0.15, -0.1) is 0 Å². The molecule has 2 heterocycles. The van der Waals surface area contributed by atoms with Gasteiger partial charge in [0.15, 0.2) is 0 Å². The van der Waals surface area contributed by atoms with E-state index in [0.717, 1.165) is 62.2 Å². The van der Waals surface area contributed by atoms with E-state index in [1.165, 1.54) is 5.56 Å². The zero-order chi connectivity index (χ0) is 21.5. The molecule has 0 unspecified atom stereocenters. The minimum Gasteiger partial charge on any atom is -0.496 e. The molecule has 166 valence electrons. The number of nitrogens with one attached hydrogen (secondary N) is 1. The SMILES string of the molecule is COc1ccccc1-c1ccc(CC2(C(=O)NC[C@H]3CCCOC3)CCOCC2)cc1. The third-order valence-electron chi connectivity index (χ3n) is 6.65. The van der Waals surface area contributed by atoms with Crippen LogP contribution in [0.15, 0.2) is 48.5 Å². The van der Waals surface area contributed by atoms with Crippen molar-refractivity contribution in [2.45, 2.75) is 32.1 Å². The summed E-state index contributed by atoms with van der Waals surface area (Å²) < 4.78 is 16.7. The van der Waals surface area contributed by atoms with Crippen LogP contribution in [0.2, 0.25) is 0 Å². The largest absolute Gasteiger partial charge is 0.496 e. The Morgan fingerprint density at radius 1 is 1.06 bits per heavy atom. The van der Waals surface area contributed by atoms with Crippen molar-refractivity contribution in [2.24, 2.45) is 11.3 Å². The van der Waals surface area contributed by atoms with E-state index in [2.05, 4.69) is 35.6 Å². The van der Waals surface area contributed by atoms with Crippen LogP contribution in [0, 0.1) is 11.3 Å². The molecule has 0 aliphatic carbocycles. The number of methoxy groups -OCH3 is 1. The molecule has 31 heavy (non-hydrogen) atoms. The van der Waals surface area contributed by atoms with Crippen LogP contribution in [0.1, 0.15) is 31.2 Å². The molecule has 0 aromatic heterocycles. The minimum atomic E-state index is -0.403. The van der Waals surface area contributed by atoms with Crippen LogP contribution in [-0.2, 0) is 20.7 Å². The fraction of sp³-hybridized carbons (Fsp3) is 0.500. The van der Waals surface area contributed by atoms with Gasteiger partial charge >= 0.3 is 0 Å². The molecule has 2 aromatic carbocycles. The lowest BCUT2D eigenvalue weighted by Gasteiger charge is -2.36. The number of benzene rings is 2. The van der Waals surface area contributed by atoms with Crippen molar-refractivity contribution in [1.82, 2.24) is 5.32 Å². The summed E-state index contributed by atoms with van der Waals surface area (Å²) in [5.74, 6) is 1.45. The normalized spacial score (nSPS) is 20.7. The van der Waals surface area contributed by atoms with Crippen molar-refractivity contribution in [3.63, 3.8) is 0 Å². The van der Waals surface area contributed by atoms with Gasteiger partial charge in [-0.05, 0) is 55.2 Å². The Morgan fingerprint density at radius 2 is 1.84 bits per heavy atom. The molecule has 4 rings (SSSR count). The molecule has 0 saturated carbocycles. The van der Waals surface area contributed by atoms with Crippen molar-refractivity contribution in [2.75, 3.05) is 40.1 Å². The Labute approximate surface area is 185 Å². The maximum atomic E-state index is 13.3. The molecular weight excluding hydrogens is 390 g/mol. The molecule has 1 N–H and O–H groups in total. The number of para-hydroxylation sites is 1. The lowest BCUT2D eigenvalue weighted by atomic mass is 9.74. The summed E-state index contributed by atoms with van der Waals surface area (Å²) in [5, 5.41) is 3.24. The maximum absolute atomic E-state index is 13.3. The molecule has 2 fully saturated rings. The highest BCUT2D eigenvalue weighted by Gasteiger charge is 2.40. The van der Waals surface area contributed by atoms with Gasteiger partial charge in [0.1, 0.15) is 5.75 Å². The number of rotatable bonds is 7. The Kier molecular flexibility index (Phi) is 7.25. The quantitative estimate of drug-likeness (QED) is 0.724. The van der Waals surface area contributed by atoms with Gasteiger partial charge in [-0.2, -0.15) is 0 Å². The fourth-order valence-corrected chi connectivity index (χ4v) is 4.72. The molecule has 0 radical (unpaired) electrons. The summed E-state index contributed by atoms with van der Waals surface area (Å²) in [6, 6.07) is 16.6. The molecule has 2 aliphatic heterocycles. The lowest BCUT2D eigenvalue weighted by Crippen LogP contribution is -2.47. The average molecular weight is 424 g/mol. The van der Waals surface area contributed by atoms with Gasteiger partial charge in [0.25, 0.3) is 0 Å². The molecule has 0 bridgehead atoms. The van der Waals surface area contributed by atoms with Gasteiger partial charge < -0.3 is 19.5 Å². The first-order chi connectivity index (χ1) is 15.2. The first-order valence-electron chi connectivity index (χ1n) is 11.4. The highest BCUT2D eigenvalue weighted by molar-refractivity contribution is 5.83. The first kappa shape index (κ1) is 21.8. The summed E-state index contributed by atoms with van der Waals surface area (Å²) in [5.41, 5.74) is 2.96. The topological polar surface area (TPSA) is 56.8 Å². The van der Waals surface area contributed by atoms with E-state index in [4.69, 9.17) is 14.2 Å². The van der Waals surface area contributed by atoms with Crippen LogP contribution < -0.4 is 10.1 Å². The molecule has 2 aliphatic rings. The second-order valence-corrected chi connectivity index (χ2v) is 8.76. The van der Waals surface area contributed by atoms with Crippen LogP contribution in [0.4, 0.5) is 0 Å². The van der Waals surface area contributed by atoms with Gasteiger partial charge in [0, 0.05) is 31.9 Å². The predicted molar refractivity (Wildman–Crippen MR) is 121 cm³/mol. The van der Waals surface area contributed by atoms with Crippen molar-refractivity contribution in [3.05, 3.63) is 54.1 Å². The van der Waals surface area contributed by atoms with E-state index in [1.54, 1.807) is 7.11 Å². The maximum Gasteiger partial charge on any atom is 0.226 e. The number of ether oxygens (including phenoxy) is 3. The van der Waals surface area contributed by atoms with Crippen molar-refractivity contribution in [1.29, 1.82) is 0 Å². The number of carbonyl (C=O) groups is 1. The van der Waals surface area contributed by atoms with Crippen LogP contribution >= 0.6 is 0 Å². The summed E-state index contributed by atoms with van der Waals surface area (Å²) in [6.45, 7) is 3.57. The van der Waals surface area contributed by atoms with Crippen LogP contribution in [-0.4, -0.2) is 46.0 Å². The van der Waals surface area contributed by atoms with E-state index in [0.29, 0.717) is 25.7 Å². The summed E-state index contributed by atoms with van der Waals surface area (Å²) in [6.07, 6.45) is 4.46. The Balaban J connectivity index is 1.46. The molecule has 1 amide bonds. The number of hydrogen-bond acceptors (Lipinski definition) is 4. The van der Waals surface area contributed by atoms with Crippen LogP contribution in [0.3, 0.4) is 0 Å². The van der Waals surface area contributed by atoms with Gasteiger partial charge in [-0.25, -0.2) is 0 Å². The molecule has 5 heteroatoms. The molecule has 5 nitrogen and oxygen atoms in total. The van der Waals surface area contributed by atoms with Gasteiger partial charge in [0.05, 0.1) is 19.1 Å². The highest BCUT2D eigenvalue weighted by Crippen LogP contribution is 2.36. The fourth-order valence-electron chi connectivity index (χ4n) is 4.72. The number of carbonyl (C=O) groups excluding carboxylic acids is 1. The zero-order valence-electron chi connectivity index (χ0n) is 18.4. The molecule has 2 aromatic rings. The van der Waals surface area contributed by atoms with Crippen molar-refractivity contribution < 1.29 is 19.0 Å². The second kappa shape index (κ2) is 10.3. The van der Waals surface area contributed by atoms with E-state index in [1.807, 2.05) is 18.2 Å². The second-order valence-electron chi connectivity index (χ2n) is 8.76. The third-order valence-corrected chi connectivity index (χ3v) is 6.65. The van der Waals surface area contributed by atoms with E-state index in [9.17, 15) is 4.79 Å². The zero-order valence-corrected chi connectivity index (χ0v) is 18.4. The minimum absolute atomic E-state index is 0.162. The molecule has 0 spiro atoms. The lowest BCUT2D eigenvalue weighted by molar-refractivity contribution is -0.137. The third kappa shape index (κ3) is 5.28. The highest BCUT2D eigenvalue weighted by atomic mass is 16.5. The molecule has 2 saturated heterocycles. The smallest absolute Gasteiger partial charge is 0.226 e. The first-order valence-corrected chi connectivity index (χ1v) is 11.4. The molecule has 1 atom stereocenters. The van der Waals surface area contributed by atoms with Crippen molar-refractivity contribution >= 4 is 5.91 Å². The van der Waals surface area contributed by atoms with Gasteiger partial charge in [-0.3, -0.25) is 4.79 Å². The Morgan fingerprint density at radius 3 is 2.55 bits per heavy atom. The average Bonchev–Trinajstić information content (AvgIpc) is 2.84. The van der Waals surface area contributed by atoms with Gasteiger partial charge in [-0.1, -0.05) is 42.5 Å². The standard InChI is InChI=1S/C26H33NO4/c1-29-24-7-3-2-6-23(24)22-10-8-20(9-11-22)17-26(12-15-30-16-13-26)25(28)27-18-21-5-4-14-31-19-21/h2-3,6-11,21H,4-5,12-19H2,1H3,(H,27,28)/t21-/m1/s1. The van der Waals surface area contributed by atoms with Gasteiger partial charge in [0.2, 0.25) is 5.91 Å². The van der Waals surface area contributed by atoms with Crippen LogP contribution in [0.25, 0.3) is 11.1 Å². The number of amides is 1. The monoisotopic (exact) mass is 423 g/mol. The Bertz CT molecular complexity index is 852. The summed E-state index contributed by atoms with van der Waals surface area (Å²) >= 11 is 0. The van der Waals surface area contributed by atoms with E-state index in [-0.39, 0.29) is 5.91 Å².